The lowest BCUT2D eigenvalue weighted by Gasteiger charge is -2.20. The van der Waals surface area contributed by atoms with E-state index in [-0.39, 0.29) is 19.0 Å². The number of imide groups is 1. The monoisotopic (exact) mass is 309 g/mol. The summed E-state index contributed by atoms with van der Waals surface area (Å²) >= 11 is 0. The molecule has 0 aromatic heterocycles. The van der Waals surface area contributed by atoms with E-state index in [4.69, 9.17) is 5.11 Å². The molecule has 0 saturated carbocycles. The summed E-state index contributed by atoms with van der Waals surface area (Å²) in [6.07, 6.45) is 1.12. The van der Waals surface area contributed by atoms with Gasteiger partial charge in [0.25, 0.3) is 0 Å². The minimum absolute atomic E-state index is 0. The number of rotatable bonds is 6. The normalized spacial score (nSPS) is 12.0. The van der Waals surface area contributed by atoms with E-state index < -0.39 is 29.5 Å². The van der Waals surface area contributed by atoms with Crippen LogP contribution >= 0.6 is 12.4 Å². The van der Waals surface area contributed by atoms with Crippen LogP contribution in [0.3, 0.4) is 0 Å². The lowest BCUT2D eigenvalue weighted by atomic mass is 10.1. The summed E-state index contributed by atoms with van der Waals surface area (Å²) in [6, 6.07) is -1.37. The van der Waals surface area contributed by atoms with Crippen LogP contribution in [0, 0.1) is 0 Å². The Balaban J connectivity index is 0. The maximum atomic E-state index is 11.4. The average Bonchev–Trinajstić information content (AvgIpc) is 2.20. The summed E-state index contributed by atoms with van der Waals surface area (Å²) in [6.45, 7) is 7.01. The maximum Gasteiger partial charge on any atom is 0.321 e. The van der Waals surface area contributed by atoms with Crippen LogP contribution in [0.25, 0.3) is 0 Å². The van der Waals surface area contributed by atoms with Crippen LogP contribution in [-0.2, 0) is 9.59 Å². The number of urea groups is 1. The SMILES string of the molecule is CCCC(NCC(=O)NC(=O)NC(C)(C)C)C(=O)O.Cl. The van der Waals surface area contributed by atoms with E-state index in [1.165, 1.54) is 0 Å². The molecule has 0 aliphatic heterocycles. The van der Waals surface area contributed by atoms with Crippen molar-refractivity contribution >= 4 is 30.3 Å². The molecule has 0 heterocycles. The maximum absolute atomic E-state index is 11.4. The van der Waals surface area contributed by atoms with E-state index in [1.54, 1.807) is 20.8 Å². The first-order valence-corrected chi connectivity index (χ1v) is 6.24. The molecule has 4 N–H and O–H groups in total. The third-order valence-corrected chi connectivity index (χ3v) is 2.13. The molecule has 0 saturated heterocycles. The van der Waals surface area contributed by atoms with Gasteiger partial charge >= 0.3 is 12.0 Å². The van der Waals surface area contributed by atoms with Crippen molar-refractivity contribution in [2.24, 2.45) is 0 Å². The van der Waals surface area contributed by atoms with Crippen molar-refractivity contribution in [3.63, 3.8) is 0 Å². The van der Waals surface area contributed by atoms with Gasteiger partial charge in [0.1, 0.15) is 6.04 Å². The van der Waals surface area contributed by atoms with E-state index in [9.17, 15) is 14.4 Å². The van der Waals surface area contributed by atoms with E-state index in [0.29, 0.717) is 12.8 Å². The van der Waals surface area contributed by atoms with Crippen molar-refractivity contribution in [1.82, 2.24) is 16.0 Å². The van der Waals surface area contributed by atoms with Gasteiger partial charge in [0.15, 0.2) is 0 Å². The first-order valence-electron chi connectivity index (χ1n) is 6.24. The van der Waals surface area contributed by atoms with Crippen molar-refractivity contribution in [2.45, 2.75) is 52.1 Å². The van der Waals surface area contributed by atoms with Crippen LogP contribution in [-0.4, -0.2) is 41.1 Å². The van der Waals surface area contributed by atoms with Crippen LogP contribution in [0.1, 0.15) is 40.5 Å². The Bertz CT molecular complexity index is 342. The number of carboxylic acids is 1. The van der Waals surface area contributed by atoms with Gasteiger partial charge in [0.05, 0.1) is 6.54 Å². The van der Waals surface area contributed by atoms with E-state index in [2.05, 4.69) is 16.0 Å². The molecule has 0 radical (unpaired) electrons. The zero-order chi connectivity index (χ0) is 15.1. The van der Waals surface area contributed by atoms with E-state index in [1.807, 2.05) is 6.92 Å². The Labute approximate surface area is 125 Å². The third kappa shape index (κ3) is 10.6. The largest absolute Gasteiger partial charge is 0.480 e. The summed E-state index contributed by atoms with van der Waals surface area (Å²) in [4.78, 5) is 33.7. The van der Waals surface area contributed by atoms with Crippen molar-refractivity contribution in [3.05, 3.63) is 0 Å². The number of amides is 3. The molecule has 20 heavy (non-hydrogen) atoms. The van der Waals surface area contributed by atoms with Gasteiger partial charge in [-0.15, -0.1) is 12.4 Å². The minimum atomic E-state index is -1.01. The molecule has 0 aromatic rings. The number of hydrogen-bond donors (Lipinski definition) is 4. The van der Waals surface area contributed by atoms with Gasteiger partial charge in [-0.3, -0.25) is 20.2 Å². The average molecular weight is 310 g/mol. The molecule has 118 valence electrons. The Hall–Kier alpha value is -1.34. The molecular weight excluding hydrogens is 286 g/mol. The fourth-order valence-corrected chi connectivity index (χ4v) is 1.36. The van der Waals surface area contributed by atoms with Crippen molar-refractivity contribution in [1.29, 1.82) is 0 Å². The number of carbonyl (C=O) groups is 3. The van der Waals surface area contributed by atoms with Crippen molar-refractivity contribution in [3.8, 4) is 0 Å². The zero-order valence-electron chi connectivity index (χ0n) is 12.3. The fourth-order valence-electron chi connectivity index (χ4n) is 1.36. The number of aliphatic carboxylic acids is 1. The van der Waals surface area contributed by atoms with Gasteiger partial charge in [-0.05, 0) is 27.2 Å². The van der Waals surface area contributed by atoms with Gasteiger partial charge in [0.2, 0.25) is 5.91 Å². The molecule has 1 unspecified atom stereocenters. The van der Waals surface area contributed by atoms with Gasteiger partial charge in [0, 0.05) is 5.54 Å². The minimum Gasteiger partial charge on any atom is -0.480 e. The van der Waals surface area contributed by atoms with Crippen LogP contribution in [0.5, 0.6) is 0 Å². The van der Waals surface area contributed by atoms with Gasteiger partial charge < -0.3 is 10.4 Å². The second-order valence-corrected chi connectivity index (χ2v) is 5.31. The number of carboxylic acid groups (broad SMARTS) is 1. The molecule has 0 bridgehead atoms. The molecule has 0 aromatic carbocycles. The van der Waals surface area contributed by atoms with Crippen LogP contribution in [0.15, 0.2) is 0 Å². The first kappa shape index (κ1) is 21.0. The summed E-state index contributed by atoms with van der Waals surface area (Å²) in [5.41, 5.74) is -0.441. The van der Waals surface area contributed by atoms with Crippen molar-refractivity contribution < 1.29 is 19.5 Å². The highest BCUT2D eigenvalue weighted by Crippen LogP contribution is 1.98. The molecular formula is C12H24ClN3O4. The Morgan fingerprint density at radius 2 is 1.75 bits per heavy atom. The van der Waals surface area contributed by atoms with Gasteiger partial charge in [-0.2, -0.15) is 0 Å². The molecule has 0 aliphatic rings. The lowest BCUT2D eigenvalue weighted by molar-refractivity contribution is -0.139. The predicted molar refractivity (Wildman–Crippen MR) is 78.0 cm³/mol. The summed E-state index contributed by atoms with van der Waals surface area (Å²) in [5, 5.41) is 16.2. The van der Waals surface area contributed by atoms with E-state index in [0.717, 1.165) is 0 Å². The fraction of sp³-hybridized carbons (Fsp3) is 0.750. The van der Waals surface area contributed by atoms with E-state index >= 15 is 0 Å². The van der Waals surface area contributed by atoms with Crippen LogP contribution < -0.4 is 16.0 Å². The number of hydrogen-bond acceptors (Lipinski definition) is 4. The highest BCUT2D eigenvalue weighted by molar-refractivity contribution is 5.95. The smallest absolute Gasteiger partial charge is 0.321 e. The quantitative estimate of drug-likeness (QED) is 0.582. The zero-order valence-corrected chi connectivity index (χ0v) is 13.1. The highest BCUT2D eigenvalue weighted by Gasteiger charge is 2.19. The van der Waals surface area contributed by atoms with Crippen LogP contribution in [0.4, 0.5) is 4.79 Å². The standard InChI is InChI=1S/C12H23N3O4.ClH/c1-5-6-8(10(17)18)13-7-9(16)14-11(19)15-12(2,3)4;/h8,13H,5-7H2,1-4H3,(H,17,18)(H2,14,15,16,19);1H. The molecule has 0 fully saturated rings. The molecule has 0 rings (SSSR count). The first-order chi connectivity index (χ1) is 8.65. The third-order valence-electron chi connectivity index (χ3n) is 2.13. The van der Waals surface area contributed by atoms with Gasteiger partial charge in [-0.1, -0.05) is 13.3 Å². The molecule has 7 nitrogen and oxygen atoms in total. The summed E-state index contributed by atoms with van der Waals surface area (Å²) in [5.74, 6) is -1.57. The molecule has 3 amide bonds. The second kappa shape index (κ2) is 9.55. The topological polar surface area (TPSA) is 108 Å². The molecule has 1 atom stereocenters. The predicted octanol–water partition coefficient (Wildman–Crippen LogP) is 0.875. The second-order valence-electron chi connectivity index (χ2n) is 5.31. The van der Waals surface area contributed by atoms with Gasteiger partial charge in [-0.25, -0.2) is 4.79 Å². The highest BCUT2D eigenvalue weighted by atomic mass is 35.5. The number of carbonyl (C=O) groups excluding carboxylic acids is 2. The summed E-state index contributed by atoms with van der Waals surface area (Å²) < 4.78 is 0. The number of nitrogens with one attached hydrogen (secondary N) is 3. The molecule has 8 heteroatoms. The summed E-state index contributed by atoms with van der Waals surface area (Å²) in [7, 11) is 0. The van der Waals surface area contributed by atoms with Crippen LogP contribution in [0.2, 0.25) is 0 Å². The lowest BCUT2D eigenvalue weighted by Crippen LogP contribution is -2.51. The Morgan fingerprint density at radius 1 is 1.20 bits per heavy atom. The Kier molecular flexibility index (Phi) is 10.0. The Morgan fingerprint density at radius 3 is 2.15 bits per heavy atom. The number of halogens is 1. The molecule has 0 spiro atoms. The molecule has 0 aliphatic carbocycles. The van der Waals surface area contributed by atoms with Crippen molar-refractivity contribution in [2.75, 3.05) is 6.54 Å².